The molecule has 0 saturated carbocycles. The molecule has 1 fully saturated rings. The fourth-order valence-corrected chi connectivity index (χ4v) is 2.65. The van der Waals surface area contributed by atoms with Crippen LogP contribution in [0.15, 0.2) is 0 Å². The maximum Gasteiger partial charge on any atom is 0.222 e. The molecule has 1 heterocycles. The summed E-state index contributed by atoms with van der Waals surface area (Å²) in [6.45, 7) is 7.36. The van der Waals surface area contributed by atoms with Gasteiger partial charge in [-0.1, -0.05) is 39.0 Å². The zero-order valence-electron chi connectivity index (χ0n) is 13.1. The van der Waals surface area contributed by atoms with Gasteiger partial charge >= 0.3 is 0 Å². The molecule has 1 unspecified atom stereocenters. The van der Waals surface area contributed by atoms with E-state index in [2.05, 4.69) is 17.9 Å². The Morgan fingerprint density at radius 3 is 2.30 bits per heavy atom. The van der Waals surface area contributed by atoms with Crippen LogP contribution in [0, 0.1) is 11.3 Å². The predicted molar refractivity (Wildman–Crippen MR) is 81.2 cm³/mol. The molecule has 0 N–H and O–H groups in total. The van der Waals surface area contributed by atoms with Gasteiger partial charge in [0, 0.05) is 32.6 Å². The summed E-state index contributed by atoms with van der Waals surface area (Å²) in [4.78, 5) is 16.2. The van der Waals surface area contributed by atoms with Crippen molar-refractivity contribution in [2.24, 2.45) is 0 Å². The number of piperazine rings is 1. The van der Waals surface area contributed by atoms with Crippen LogP contribution in [0.25, 0.3) is 0 Å². The molecule has 1 aliphatic heterocycles. The third kappa shape index (κ3) is 5.92. The Morgan fingerprint density at radius 1 is 1.10 bits per heavy atom. The first kappa shape index (κ1) is 17.0. The highest BCUT2D eigenvalue weighted by molar-refractivity contribution is 5.76. The molecule has 0 bridgehead atoms. The highest BCUT2D eigenvalue weighted by Gasteiger charge is 2.23. The van der Waals surface area contributed by atoms with Crippen molar-refractivity contribution in [2.45, 2.75) is 64.8 Å². The average molecular weight is 279 g/mol. The lowest BCUT2D eigenvalue weighted by Gasteiger charge is -2.36. The van der Waals surface area contributed by atoms with Gasteiger partial charge in [0.15, 0.2) is 0 Å². The van der Waals surface area contributed by atoms with Gasteiger partial charge in [-0.2, -0.15) is 5.26 Å². The van der Waals surface area contributed by atoms with Gasteiger partial charge in [-0.3, -0.25) is 9.69 Å². The van der Waals surface area contributed by atoms with Crippen molar-refractivity contribution in [3.05, 3.63) is 0 Å². The number of unbranched alkanes of at least 4 members (excludes halogenated alkanes) is 5. The van der Waals surface area contributed by atoms with E-state index in [0.29, 0.717) is 12.3 Å². The summed E-state index contributed by atoms with van der Waals surface area (Å²) in [5.41, 5.74) is 0. The summed E-state index contributed by atoms with van der Waals surface area (Å²) >= 11 is 0. The predicted octanol–water partition coefficient (Wildman–Crippen LogP) is 2.79. The highest BCUT2D eigenvalue weighted by atomic mass is 16.2. The Labute approximate surface area is 123 Å². The minimum Gasteiger partial charge on any atom is -0.340 e. The zero-order chi connectivity index (χ0) is 14.8. The van der Waals surface area contributed by atoms with Crippen molar-refractivity contribution in [3.8, 4) is 6.07 Å². The van der Waals surface area contributed by atoms with Crippen LogP contribution in [0.2, 0.25) is 0 Å². The van der Waals surface area contributed by atoms with Crippen LogP contribution in [0.5, 0.6) is 0 Å². The van der Waals surface area contributed by atoms with Crippen LogP contribution >= 0.6 is 0 Å². The minimum absolute atomic E-state index is 0.0363. The molecule has 0 radical (unpaired) electrons. The quantitative estimate of drug-likeness (QED) is 0.642. The smallest absolute Gasteiger partial charge is 0.222 e. The van der Waals surface area contributed by atoms with E-state index >= 15 is 0 Å². The standard InChI is InChI=1S/C16H29N3O/c1-3-4-5-6-7-8-9-16(20)19-12-10-18(11-13-19)15(2)14-17/h15H,3-13H2,1-2H3. The van der Waals surface area contributed by atoms with Crippen LogP contribution in [-0.2, 0) is 4.79 Å². The third-order valence-corrected chi connectivity index (χ3v) is 4.15. The molecule has 0 aliphatic carbocycles. The van der Waals surface area contributed by atoms with Crippen LogP contribution in [-0.4, -0.2) is 47.9 Å². The topological polar surface area (TPSA) is 47.3 Å². The fraction of sp³-hybridized carbons (Fsp3) is 0.875. The van der Waals surface area contributed by atoms with Gasteiger partial charge in [0.1, 0.15) is 0 Å². The average Bonchev–Trinajstić information content (AvgIpc) is 2.50. The highest BCUT2D eigenvalue weighted by Crippen LogP contribution is 2.11. The molecule has 4 heteroatoms. The first-order valence-corrected chi connectivity index (χ1v) is 8.10. The van der Waals surface area contributed by atoms with Crippen molar-refractivity contribution in [2.75, 3.05) is 26.2 Å². The van der Waals surface area contributed by atoms with Crippen LogP contribution in [0.4, 0.5) is 0 Å². The fourth-order valence-electron chi connectivity index (χ4n) is 2.65. The summed E-state index contributed by atoms with van der Waals surface area (Å²) in [5, 5.41) is 8.89. The Balaban J connectivity index is 2.12. The van der Waals surface area contributed by atoms with E-state index in [-0.39, 0.29) is 6.04 Å². The minimum atomic E-state index is -0.0363. The molecule has 20 heavy (non-hydrogen) atoms. The lowest BCUT2D eigenvalue weighted by Crippen LogP contribution is -2.51. The SMILES string of the molecule is CCCCCCCCC(=O)N1CCN(C(C)C#N)CC1. The van der Waals surface area contributed by atoms with Gasteiger partial charge in [0.05, 0.1) is 12.1 Å². The molecular formula is C16H29N3O. The van der Waals surface area contributed by atoms with E-state index in [0.717, 1.165) is 32.6 Å². The summed E-state index contributed by atoms with van der Waals surface area (Å²) in [6, 6.07) is 2.22. The summed E-state index contributed by atoms with van der Waals surface area (Å²) in [5.74, 6) is 0.296. The first-order valence-electron chi connectivity index (χ1n) is 8.10. The maximum atomic E-state index is 12.1. The molecule has 1 rings (SSSR count). The molecule has 0 spiro atoms. The molecule has 1 aliphatic rings. The number of hydrogen-bond donors (Lipinski definition) is 0. The van der Waals surface area contributed by atoms with Crippen molar-refractivity contribution < 1.29 is 4.79 Å². The molecule has 1 saturated heterocycles. The number of nitrogens with zero attached hydrogens (tertiary/aromatic N) is 3. The molecular weight excluding hydrogens is 250 g/mol. The number of carbonyl (C=O) groups is 1. The second kappa shape index (κ2) is 9.77. The van der Waals surface area contributed by atoms with E-state index in [1.807, 2.05) is 11.8 Å². The van der Waals surface area contributed by atoms with Crippen molar-refractivity contribution in [3.63, 3.8) is 0 Å². The van der Waals surface area contributed by atoms with E-state index in [9.17, 15) is 4.79 Å². The number of carbonyl (C=O) groups excluding carboxylic acids is 1. The van der Waals surface area contributed by atoms with Crippen LogP contribution in [0.3, 0.4) is 0 Å². The second-order valence-electron chi connectivity index (χ2n) is 5.74. The number of amides is 1. The lowest BCUT2D eigenvalue weighted by atomic mass is 10.1. The monoisotopic (exact) mass is 279 g/mol. The van der Waals surface area contributed by atoms with E-state index < -0.39 is 0 Å². The van der Waals surface area contributed by atoms with E-state index in [1.165, 1.54) is 32.1 Å². The number of rotatable bonds is 8. The van der Waals surface area contributed by atoms with Gasteiger partial charge in [-0.05, 0) is 13.3 Å². The lowest BCUT2D eigenvalue weighted by molar-refractivity contribution is -0.133. The van der Waals surface area contributed by atoms with E-state index in [1.54, 1.807) is 0 Å². The molecule has 1 atom stereocenters. The van der Waals surface area contributed by atoms with Gasteiger partial charge < -0.3 is 4.90 Å². The van der Waals surface area contributed by atoms with Gasteiger partial charge in [0.25, 0.3) is 0 Å². The van der Waals surface area contributed by atoms with Gasteiger partial charge in [-0.15, -0.1) is 0 Å². The van der Waals surface area contributed by atoms with Crippen molar-refractivity contribution in [1.82, 2.24) is 9.80 Å². The Bertz CT molecular complexity index is 316. The first-order chi connectivity index (χ1) is 9.69. The van der Waals surface area contributed by atoms with Gasteiger partial charge in [-0.25, -0.2) is 0 Å². The summed E-state index contributed by atoms with van der Waals surface area (Å²) in [7, 11) is 0. The zero-order valence-corrected chi connectivity index (χ0v) is 13.1. The molecule has 0 aromatic rings. The van der Waals surface area contributed by atoms with Gasteiger partial charge in [0.2, 0.25) is 5.91 Å². The Hall–Kier alpha value is -1.08. The molecule has 4 nitrogen and oxygen atoms in total. The molecule has 0 aromatic carbocycles. The summed E-state index contributed by atoms with van der Waals surface area (Å²) < 4.78 is 0. The van der Waals surface area contributed by atoms with E-state index in [4.69, 9.17) is 5.26 Å². The Kier molecular flexibility index (Phi) is 8.29. The third-order valence-electron chi connectivity index (χ3n) is 4.15. The number of nitriles is 1. The normalized spacial score (nSPS) is 17.8. The molecule has 1 amide bonds. The largest absolute Gasteiger partial charge is 0.340 e. The van der Waals surface area contributed by atoms with Crippen molar-refractivity contribution in [1.29, 1.82) is 5.26 Å². The van der Waals surface area contributed by atoms with Crippen LogP contribution in [0.1, 0.15) is 58.8 Å². The second-order valence-corrected chi connectivity index (χ2v) is 5.74. The Morgan fingerprint density at radius 2 is 1.70 bits per heavy atom. The number of hydrogen-bond acceptors (Lipinski definition) is 3. The maximum absolute atomic E-state index is 12.1. The molecule has 114 valence electrons. The van der Waals surface area contributed by atoms with Crippen LogP contribution < -0.4 is 0 Å². The van der Waals surface area contributed by atoms with Crippen molar-refractivity contribution >= 4 is 5.91 Å². The molecule has 0 aromatic heterocycles. The summed E-state index contributed by atoms with van der Waals surface area (Å²) in [6.07, 6.45) is 8.04.